The van der Waals surface area contributed by atoms with Gasteiger partial charge in [0.2, 0.25) is 0 Å². The van der Waals surface area contributed by atoms with Crippen molar-refractivity contribution in [3.63, 3.8) is 0 Å². The van der Waals surface area contributed by atoms with Gasteiger partial charge in [-0.2, -0.15) is 0 Å². The fourth-order valence-electron chi connectivity index (χ4n) is 4.10. The highest BCUT2D eigenvalue weighted by atomic mass is 14.2. The zero-order chi connectivity index (χ0) is 15.7. The lowest BCUT2D eigenvalue weighted by Crippen LogP contribution is -2.12. The van der Waals surface area contributed by atoms with E-state index in [9.17, 15) is 0 Å². The van der Waals surface area contributed by atoms with Crippen molar-refractivity contribution in [2.45, 2.75) is 93.9 Å². The molecule has 122 valence electrons. The molecule has 0 fully saturated rings. The second-order valence-corrected chi connectivity index (χ2v) is 8.51. The lowest BCUT2D eigenvalue weighted by atomic mass is 9.82. The second-order valence-electron chi connectivity index (χ2n) is 8.51. The van der Waals surface area contributed by atoms with Gasteiger partial charge in [-0.05, 0) is 67.6 Å². The van der Waals surface area contributed by atoms with E-state index in [1.165, 1.54) is 38.5 Å². The first-order valence-electron chi connectivity index (χ1n) is 9.24. The summed E-state index contributed by atoms with van der Waals surface area (Å²) in [5.74, 6) is 5.35. The van der Waals surface area contributed by atoms with Gasteiger partial charge in [0.1, 0.15) is 0 Å². The molecule has 0 aromatic heterocycles. The smallest absolute Gasteiger partial charge is 0.0438 e. The Bertz CT molecular complexity index is 218. The van der Waals surface area contributed by atoms with Crippen LogP contribution in [0.25, 0.3) is 0 Å². The second kappa shape index (κ2) is 10.7. The Morgan fingerprint density at radius 1 is 0.450 bits per heavy atom. The minimum atomic E-state index is 0.852. The van der Waals surface area contributed by atoms with Crippen LogP contribution in [0.4, 0.5) is 0 Å². The highest BCUT2D eigenvalue weighted by molar-refractivity contribution is 4.68. The monoisotopic (exact) mass is 282 g/mol. The third kappa shape index (κ3) is 10.7. The fourth-order valence-corrected chi connectivity index (χ4v) is 4.10. The van der Waals surface area contributed by atoms with Crippen LogP contribution in [-0.2, 0) is 0 Å². The third-order valence-corrected chi connectivity index (χ3v) is 4.79. The molecule has 0 N–H and O–H groups in total. The van der Waals surface area contributed by atoms with Crippen molar-refractivity contribution in [3.8, 4) is 0 Å². The first-order chi connectivity index (χ1) is 9.24. The van der Waals surface area contributed by atoms with Crippen LogP contribution in [0.15, 0.2) is 0 Å². The Morgan fingerprint density at radius 3 is 1.05 bits per heavy atom. The van der Waals surface area contributed by atoms with Gasteiger partial charge in [0.05, 0.1) is 0 Å². The van der Waals surface area contributed by atoms with Gasteiger partial charge in [-0.1, -0.05) is 61.8 Å². The van der Waals surface area contributed by atoms with E-state index in [2.05, 4.69) is 55.4 Å². The van der Waals surface area contributed by atoms with Gasteiger partial charge in [-0.15, -0.1) is 0 Å². The molecule has 2 unspecified atom stereocenters. The van der Waals surface area contributed by atoms with Crippen LogP contribution in [0, 0.1) is 35.5 Å². The van der Waals surface area contributed by atoms with Crippen molar-refractivity contribution < 1.29 is 0 Å². The Hall–Kier alpha value is 0. The molecule has 0 saturated carbocycles. The van der Waals surface area contributed by atoms with Crippen LogP contribution in [0.5, 0.6) is 0 Å². The van der Waals surface area contributed by atoms with Crippen molar-refractivity contribution in [2.24, 2.45) is 35.5 Å². The molecule has 0 aromatic rings. The minimum Gasteiger partial charge on any atom is -0.0651 e. The lowest BCUT2D eigenvalue weighted by Gasteiger charge is -2.24. The highest BCUT2D eigenvalue weighted by Crippen LogP contribution is 2.28. The molecule has 0 heterocycles. The van der Waals surface area contributed by atoms with E-state index in [1.807, 2.05) is 0 Å². The Labute approximate surface area is 130 Å². The maximum atomic E-state index is 2.47. The van der Waals surface area contributed by atoms with Crippen LogP contribution >= 0.6 is 0 Å². The summed E-state index contributed by atoms with van der Waals surface area (Å²) >= 11 is 0. The first kappa shape index (κ1) is 20.0. The average Bonchev–Trinajstić information content (AvgIpc) is 2.26. The third-order valence-electron chi connectivity index (χ3n) is 4.79. The normalized spacial score (nSPS) is 19.6. The number of rotatable bonds is 11. The molecule has 0 bridgehead atoms. The van der Waals surface area contributed by atoms with Crippen LogP contribution in [0.2, 0.25) is 0 Å². The molecule has 0 aliphatic rings. The number of hydrogen-bond donors (Lipinski definition) is 0. The minimum absolute atomic E-state index is 0.852. The summed E-state index contributed by atoms with van der Waals surface area (Å²) in [7, 11) is 0. The Kier molecular flexibility index (Phi) is 10.7. The maximum absolute atomic E-state index is 2.47. The zero-order valence-corrected chi connectivity index (χ0v) is 15.7. The van der Waals surface area contributed by atoms with Crippen LogP contribution in [0.1, 0.15) is 93.9 Å². The molecule has 0 heteroatoms. The summed E-state index contributed by atoms with van der Waals surface area (Å²) in [6, 6.07) is 0. The summed E-state index contributed by atoms with van der Waals surface area (Å²) < 4.78 is 0. The maximum Gasteiger partial charge on any atom is -0.0438 e. The Balaban J connectivity index is 3.91. The van der Waals surface area contributed by atoms with Crippen LogP contribution in [-0.4, -0.2) is 0 Å². The lowest BCUT2D eigenvalue weighted by molar-refractivity contribution is 0.274. The van der Waals surface area contributed by atoms with E-state index in [-0.39, 0.29) is 0 Å². The summed E-state index contributed by atoms with van der Waals surface area (Å²) in [6.07, 6.45) is 8.41. The topological polar surface area (TPSA) is 0 Å². The molecular weight excluding hydrogens is 240 g/mol. The van der Waals surface area contributed by atoms with Gasteiger partial charge >= 0.3 is 0 Å². The van der Waals surface area contributed by atoms with Gasteiger partial charge in [0, 0.05) is 0 Å². The molecule has 0 nitrogen and oxygen atoms in total. The standard InChI is InChI=1S/C20H42/c1-9-16(4)11-18(6)13-20(8)14-19(7)12-17(5)10-15(2)3/h15-20H,9-14H2,1-8H3/t16-,17+,18-,19?,20?/m0/s1. The quantitative estimate of drug-likeness (QED) is 0.376. The molecule has 5 atom stereocenters. The van der Waals surface area contributed by atoms with E-state index in [0.29, 0.717) is 0 Å². The molecule has 20 heavy (non-hydrogen) atoms. The van der Waals surface area contributed by atoms with E-state index in [0.717, 1.165) is 35.5 Å². The Morgan fingerprint density at radius 2 is 0.750 bits per heavy atom. The van der Waals surface area contributed by atoms with Gasteiger partial charge < -0.3 is 0 Å². The van der Waals surface area contributed by atoms with Crippen LogP contribution < -0.4 is 0 Å². The molecule has 0 aliphatic carbocycles. The van der Waals surface area contributed by atoms with Crippen molar-refractivity contribution in [2.75, 3.05) is 0 Å². The molecule has 0 radical (unpaired) electrons. The first-order valence-corrected chi connectivity index (χ1v) is 9.24. The zero-order valence-electron chi connectivity index (χ0n) is 15.7. The van der Waals surface area contributed by atoms with Crippen molar-refractivity contribution in [3.05, 3.63) is 0 Å². The SMILES string of the molecule is CC[C@H](C)C[C@H](C)CC(C)CC(C)C[C@H](C)CC(C)C. The van der Waals surface area contributed by atoms with Crippen LogP contribution in [0.3, 0.4) is 0 Å². The van der Waals surface area contributed by atoms with Crippen molar-refractivity contribution in [1.82, 2.24) is 0 Å². The predicted molar refractivity (Wildman–Crippen MR) is 94.0 cm³/mol. The van der Waals surface area contributed by atoms with E-state index in [4.69, 9.17) is 0 Å². The summed E-state index contributed by atoms with van der Waals surface area (Å²) in [5, 5.41) is 0. The van der Waals surface area contributed by atoms with Gasteiger partial charge in [0.25, 0.3) is 0 Å². The molecular formula is C20H42. The van der Waals surface area contributed by atoms with E-state index < -0.39 is 0 Å². The fraction of sp³-hybridized carbons (Fsp3) is 1.00. The summed E-state index contributed by atoms with van der Waals surface area (Å²) in [5.41, 5.74) is 0. The van der Waals surface area contributed by atoms with Crippen molar-refractivity contribution >= 4 is 0 Å². The van der Waals surface area contributed by atoms with Gasteiger partial charge in [0.15, 0.2) is 0 Å². The van der Waals surface area contributed by atoms with E-state index in [1.54, 1.807) is 0 Å². The molecule has 0 rings (SSSR count). The molecule has 0 spiro atoms. The van der Waals surface area contributed by atoms with E-state index >= 15 is 0 Å². The van der Waals surface area contributed by atoms with Gasteiger partial charge in [-0.3, -0.25) is 0 Å². The molecule has 0 saturated heterocycles. The molecule has 0 aliphatic heterocycles. The average molecular weight is 283 g/mol. The van der Waals surface area contributed by atoms with Crippen molar-refractivity contribution in [1.29, 1.82) is 0 Å². The summed E-state index contributed by atoms with van der Waals surface area (Å²) in [6.45, 7) is 19.2. The van der Waals surface area contributed by atoms with Gasteiger partial charge in [-0.25, -0.2) is 0 Å². The molecule has 0 amide bonds. The number of hydrogen-bond acceptors (Lipinski definition) is 0. The molecule has 0 aromatic carbocycles. The largest absolute Gasteiger partial charge is 0.0651 e. The predicted octanol–water partition coefficient (Wildman–Crippen LogP) is 7.18. The summed E-state index contributed by atoms with van der Waals surface area (Å²) in [4.78, 5) is 0. The highest BCUT2D eigenvalue weighted by Gasteiger charge is 2.16.